The largest absolute Gasteiger partial charge is 0.493 e. The molecule has 2 aliphatic heterocycles. The molecule has 1 N–H and O–H groups in total. The molecule has 0 radical (unpaired) electrons. The number of anilines is 1. The second-order valence-corrected chi connectivity index (χ2v) is 8.45. The summed E-state index contributed by atoms with van der Waals surface area (Å²) in [6, 6.07) is 14.4. The van der Waals surface area contributed by atoms with E-state index in [-0.39, 0.29) is 11.3 Å². The van der Waals surface area contributed by atoms with E-state index in [9.17, 15) is 4.79 Å². The van der Waals surface area contributed by atoms with Crippen molar-refractivity contribution >= 4 is 17.7 Å². The Morgan fingerprint density at radius 3 is 2.73 bits per heavy atom. The van der Waals surface area contributed by atoms with Crippen molar-refractivity contribution in [1.29, 1.82) is 0 Å². The van der Waals surface area contributed by atoms with E-state index < -0.39 is 5.66 Å². The molecule has 0 aliphatic carbocycles. The standard InChI is InChI=1S/C25H30N2O3/c1-5-16-30-21-11-10-18(17-22(21)29-4)12-14-25-24(2,3)19-8-6-7-9-20(19)27(25)15-13-23(28)26-25/h6-12,14,17H,5,13,15-16H2,1-4H3,(H,26,28). The lowest BCUT2D eigenvalue weighted by atomic mass is 9.74. The first-order valence-corrected chi connectivity index (χ1v) is 10.6. The third kappa shape index (κ3) is 3.13. The maximum Gasteiger partial charge on any atom is 0.223 e. The molecule has 5 heteroatoms. The molecule has 2 aromatic carbocycles. The van der Waals surface area contributed by atoms with E-state index in [4.69, 9.17) is 9.47 Å². The fraction of sp³-hybridized carbons (Fsp3) is 0.400. The van der Waals surface area contributed by atoms with Crippen LogP contribution in [0.5, 0.6) is 11.5 Å². The maximum absolute atomic E-state index is 12.5. The molecule has 1 amide bonds. The summed E-state index contributed by atoms with van der Waals surface area (Å²) < 4.78 is 11.3. The molecule has 0 aromatic heterocycles. The lowest BCUT2D eigenvalue weighted by molar-refractivity contribution is -0.124. The van der Waals surface area contributed by atoms with Crippen molar-refractivity contribution in [3.8, 4) is 11.5 Å². The van der Waals surface area contributed by atoms with Crippen molar-refractivity contribution in [2.45, 2.75) is 44.7 Å². The van der Waals surface area contributed by atoms with Crippen molar-refractivity contribution in [3.63, 3.8) is 0 Å². The Kier molecular flexibility index (Phi) is 5.22. The van der Waals surface area contributed by atoms with Gasteiger partial charge in [-0.2, -0.15) is 0 Å². The molecule has 30 heavy (non-hydrogen) atoms. The normalized spacial score (nSPS) is 21.9. The number of hydrogen-bond donors (Lipinski definition) is 1. The molecule has 158 valence electrons. The van der Waals surface area contributed by atoms with Crippen LogP contribution in [0.15, 0.2) is 48.5 Å². The molecule has 2 heterocycles. The topological polar surface area (TPSA) is 50.8 Å². The fourth-order valence-electron chi connectivity index (χ4n) is 4.66. The van der Waals surface area contributed by atoms with Crippen LogP contribution >= 0.6 is 0 Å². The van der Waals surface area contributed by atoms with Crippen LogP contribution in [-0.2, 0) is 10.2 Å². The van der Waals surface area contributed by atoms with Crippen molar-refractivity contribution < 1.29 is 14.3 Å². The Bertz CT molecular complexity index is 982. The number of rotatable bonds is 6. The highest BCUT2D eigenvalue weighted by Gasteiger charge is 2.57. The van der Waals surface area contributed by atoms with Crippen LogP contribution in [0.1, 0.15) is 44.7 Å². The number of benzene rings is 2. The van der Waals surface area contributed by atoms with Gasteiger partial charge in [0, 0.05) is 24.1 Å². The Hall–Kier alpha value is -2.95. The van der Waals surface area contributed by atoms with Gasteiger partial charge in [-0.1, -0.05) is 51.1 Å². The van der Waals surface area contributed by atoms with Crippen LogP contribution in [-0.4, -0.2) is 31.8 Å². The molecule has 1 unspecified atom stereocenters. The molecule has 0 saturated carbocycles. The molecule has 1 fully saturated rings. The van der Waals surface area contributed by atoms with Crippen LogP contribution in [0.25, 0.3) is 6.08 Å². The van der Waals surface area contributed by atoms with E-state index in [0.29, 0.717) is 25.3 Å². The predicted octanol–water partition coefficient (Wildman–Crippen LogP) is 4.51. The highest BCUT2D eigenvalue weighted by molar-refractivity contribution is 5.84. The molecule has 1 atom stereocenters. The van der Waals surface area contributed by atoms with Crippen LogP contribution in [0.4, 0.5) is 5.69 Å². The van der Waals surface area contributed by atoms with Crippen LogP contribution in [0.3, 0.4) is 0 Å². The minimum atomic E-state index is -0.614. The SMILES string of the molecule is CCCOc1ccc(C=CC23NC(=O)CCN2c2ccccc2C3(C)C)cc1OC. The molecule has 0 bridgehead atoms. The summed E-state index contributed by atoms with van der Waals surface area (Å²) in [5, 5.41) is 3.31. The van der Waals surface area contributed by atoms with Gasteiger partial charge in [0.2, 0.25) is 5.91 Å². The summed E-state index contributed by atoms with van der Waals surface area (Å²) in [4.78, 5) is 14.8. The summed E-state index contributed by atoms with van der Waals surface area (Å²) in [5.41, 5.74) is 2.53. The number of para-hydroxylation sites is 1. The van der Waals surface area contributed by atoms with Gasteiger partial charge in [-0.15, -0.1) is 0 Å². The number of fused-ring (bicyclic) bond motifs is 3. The highest BCUT2D eigenvalue weighted by Crippen LogP contribution is 2.52. The predicted molar refractivity (Wildman–Crippen MR) is 120 cm³/mol. The smallest absolute Gasteiger partial charge is 0.223 e. The van der Waals surface area contributed by atoms with E-state index in [1.807, 2.05) is 18.2 Å². The van der Waals surface area contributed by atoms with E-state index in [1.165, 1.54) is 11.3 Å². The van der Waals surface area contributed by atoms with E-state index in [1.54, 1.807) is 7.11 Å². The van der Waals surface area contributed by atoms with Gasteiger partial charge in [-0.25, -0.2) is 0 Å². The Balaban J connectivity index is 1.73. The van der Waals surface area contributed by atoms with Gasteiger partial charge in [0.25, 0.3) is 0 Å². The monoisotopic (exact) mass is 406 g/mol. The Morgan fingerprint density at radius 1 is 1.17 bits per heavy atom. The summed E-state index contributed by atoms with van der Waals surface area (Å²) in [6.45, 7) is 7.83. The molecular weight excluding hydrogens is 376 g/mol. The molecule has 2 aliphatic rings. The van der Waals surface area contributed by atoms with E-state index >= 15 is 0 Å². The number of nitrogens with one attached hydrogen (secondary N) is 1. The molecule has 5 nitrogen and oxygen atoms in total. The van der Waals surface area contributed by atoms with E-state index in [0.717, 1.165) is 17.7 Å². The minimum Gasteiger partial charge on any atom is -0.493 e. The van der Waals surface area contributed by atoms with Gasteiger partial charge in [-0.3, -0.25) is 4.79 Å². The van der Waals surface area contributed by atoms with Crippen LogP contribution in [0, 0.1) is 0 Å². The van der Waals surface area contributed by atoms with Gasteiger partial charge in [-0.05, 0) is 41.8 Å². The van der Waals surface area contributed by atoms with E-state index in [2.05, 4.69) is 67.4 Å². The van der Waals surface area contributed by atoms with Gasteiger partial charge in [0.05, 0.1) is 13.7 Å². The van der Waals surface area contributed by atoms with Crippen molar-refractivity contribution in [3.05, 3.63) is 59.7 Å². The van der Waals surface area contributed by atoms with Crippen molar-refractivity contribution in [2.75, 3.05) is 25.2 Å². The first kappa shape index (κ1) is 20.3. The minimum absolute atomic E-state index is 0.0812. The van der Waals surface area contributed by atoms with Gasteiger partial charge in [0.1, 0.15) is 5.66 Å². The molecule has 0 spiro atoms. The zero-order valence-corrected chi connectivity index (χ0v) is 18.2. The molecular formula is C25H30N2O3. The zero-order valence-electron chi connectivity index (χ0n) is 18.2. The Labute approximate surface area is 178 Å². The lowest BCUT2D eigenvalue weighted by Crippen LogP contribution is -2.68. The number of ether oxygens (including phenoxy) is 2. The van der Waals surface area contributed by atoms with Gasteiger partial charge < -0.3 is 19.7 Å². The second-order valence-electron chi connectivity index (χ2n) is 8.45. The number of methoxy groups -OCH3 is 1. The van der Waals surface area contributed by atoms with Crippen LogP contribution in [0.2, 0.25) is 0 Å². The maximum atomic E-state index is 12.5. The quantitative estimate of drug-likeness (QED) is 0.767. The summed E-state index contributed by atoms with van der Waals surface area (Å²) in [7, 11) is 1.65. The summed E-state index contributed by atoms with van der Waals surface area (Å²) in [5.74, 6) is 1.54. The third-order valence-electron chi connectivity index (χ3n) is 6.31. The molecule has 2 aromatic rings. The zero-order chi connectivity index (χ0) is 21.4. The summed E-state index contributed by atoms with van der Waals surface area (Å²) in [6.07, 6.45) is 5.64. The lowest BCUT2D eigenvalue weighted by Gasteiger charge is -2.49. The van der Waals surface area contributed by atoms with Crippen LogP contribution < -0.4 is 19.7 Å². The average Bonchev–Trinajstić information content (AvgIpc) is 2.95. The third-order valence-corrected chi connectivity index (χ3v) is 6.31. The number of carbonyl (C=O) groups excluding carboxylic acids is 1. The molecule has 1 saturated heterocycles. The highest BCUT2D eigenvalue weighted by atomic mass is 16.5. The van der Waals surface area contributed by atoms with Crippen molar-refractivity contribution in [1.82, 2.24) is 5.32 Å². The number of carbonyl (C=O) groups is 1. The van der Waals surface area contributed by atoms with Gasteiger partial charge >= 0.3 is 0 Å². The first-order valence-electron chi connectivity index (χ1n) is 10.6. The summed E-state index contributed by atoms with van der Waals surface area (Å²) >= 11 is 0. The number of hydrogen-bond acceptors (Lipinski definition) is 4. The molecule has 4 rings (SSSR count). The van der Waals surface area contributed by atoms with Gasteiger partial charge in [0.15, 0.2) is 11.5 Å². The number of amides is 1. The fourth-order valence-corrected chi connectivity index (χ4v) is 4.66. The van der Waals surface area contributed by atoms with Crippen molar-refractivity contribution in [2.24, 2.45) is 0 Å². The first-order chi connectivity index (χ1) is 14.4. The Morgan fingerprint density at radius 2 is 1.97 bits per heavy atom. The average molecular weight is 407 g/mol. The number of nitrogens with zero attached hydrogens (tertiary/aromatic N) is 1. The second kappa shape index (κ2) is 7.71.